The number of urea groups is 2. The maximum atomic E-state index is 13.4. The van der Waals surface area contributed by atoms with E-state index in [0.717, 1.165) is 0 Å². The molecule has 1 saturated heterocycles. The van der Waals surface area contributed by atoms with E-state index in [-0.39, 0.29) is 24.7 Å². The first-order valence-corrected chi connectivity index (χ1v) is 12.8. The summed E-state index contributed by atoms with van der Waals surface area (Å²) < 4.78 is 16.3. The van der Waals surface area contributed by atoms with Gasteiger partial charge >= 0.3 is 18.0 Å². The number of methoxy groups -OCH3 is 2. The topological polar surface area (TPSA) is 113 Å². The molecule has 11 heteroatoms. The van der Waals surface area contributed by atoms with Gasteiger partial charge in [0.2, 0.25) is 0 Å². The molecule has 0 bridgehead atoms. The maximum Gasteiger partial charge on any atom is 0.338 e. The van der Waals surface area contributed by atoms with Crippen LogP contribution in [0, 0.1) is 0 Å². The number of amides is 4. The van der Waals surface area contributed by atoms with Crippen molar-refractivity contribution in [3.05, 3.63) is 35.0 Å². The zero-order chi connectivity index (χ0) is 27.1. The quantitative estimate of drug-likeness (QED) is 0.484. The summed E-state index contributed by atoms with van der Waals surface area (Å²) in [7, 11) is 3.10. The molecule has 0 unspecified atom stereocenters. The van der Waals surface area contributed by atoms with Crippen LogP contribution in [0.4, 0.5) is 9.59 Å². The van der Waals surface area contributed by atoms with E-state index in [1.165, 1.54) is 0 Å². The Morgan fingerprint density at radius 3 is 2.30 bits per heavy atom. The van der Waals surface area contributed by atoms with Gasteiger partial charge in [-0.1, -0.05) is 0 Å². The SMILES string of the molecule is CCNC(=O)N1CCN(CC2=C(C(=O)OCC)[C@H](c3cc(OC)cc(OC)c3)NC(=O)N2CC)C[C@@H]1C. The first-order valence-electron chi connectivity index (χ1n) is 12.8. The smallest absolute Gasteiger partial charge is 0.338 e. The van der Waals surface area contributed by atoms with E-state index in [0.29, 0.717) is 67.6 Å². The van der Waals surface area contributed by atoms with E-state index in [4.69, 9.17) is 14.2 Å². The fourth-order valence-corrected chi connectivity index (χ4v) is 4.85. The maximum absolute atomic E-state index is 13.4. The van der Waals surface area contributed by atoms with Crippen molar-refractivity contribution in [2.45, 2.75) is 39.8 Å². The molecule has 2 atom stereocenters. The second kappa shape index (κ2) is 12.7. The average Bonchev–Trinajstić information content (AvgIpc) is 2.88. The number of ether oxygens (including phenoxy) is 3. The van der Waals surface area contributed by atoms with Crippen LogP contribution < -0.4 is 20.1 Å². The van der Waals surface area contributed by atoms with Gasteiger partial charge in [0.25, 0.3) is 0 Å². The predicted molar refractivity (Wildman–Crippen MR) is 139 cm³/mol. The van der Waals surface area contributed by atoms with Crippen molar-refractivity contribution in [3.8, 4) is 11.5 Å². The van der Waals surface area contributed by atoms with E-state index >= 15 is 0 Å². The molecule has 2 N–H and O–H groups in total. The molecule has 4 amide bonds. The number of hydrogen-bond donors (Lipinski definition) is 2. The van der Waals surface area contributed by atoms with Gasteiger partial charge in [-0.15, -0.1) is 0 Å². The molecule has 0 spiro atoms. The van der Waals surface area contributed by atoms with Crippen LogP contribution in [0.2, 0.25) is 0 Å². The number of esters is 1. The monoisotopic (exact) mass is 517 g/mol. The van der Waals surface area contributed by atoms with Crippen molar-refractivity contribution < 1.29 is 28.6 Å². The van der Waals surface area contributed by atoms with Gasteiger partial charge in [-0.3, -0.25) is 9.80 Å². The molecule has 0 radical (unpaired) electrons. The molecule has 11 nitrogen and oxygen atoms in total. The summed E-state index contributed by atoms with van der Waals surface area (Å²) in [5, 5.41) is 5.83. The summed E-state index contributed by atoms with van der Waals surface area (Å²) in [6.07, 6.45) is 0. The van der Waals surface area contributed by atoms with Crippen molar-refractivity contribution in [2.75, 3.05) is 60.1 Å². The summed E-state index contributed by atoms with van der Waals surface area (Å²) in [5.74, 6) is 0.597. The number of nitrogens with one attached hydrogen (secondary N) is 2. The highest BCUT2D eigenvalue weighted by Gasteiger charge is 2.39. The predicted octanol–water partition coefficient (Wildman–Crippen LogP) is 2.34. The van der Waals surface area contributed by atoms with Crippen molar-refractivity contribution in [3.63, 3.8) is 0 Å². The molecule has 3 rings (SSSR count). The Hall–Kier alpha value is -3.47. The van der Waals surface area contributed by atoms with Gasteiger partial charge in [-0.2, -0.15) is 0 Å². The number of carbonyl (C=O) groups is 3. The fraction of sp³-hybridized carbons (Fsp3) is 0.577. The van der Waals surface area contributed by atoms with Crippen LogP contribution >= 0.6 is 0 Å². The van der Waals surface area contributed by atoms with Crippen LogP contribution in [0.1, 0.15) is 39.3 Å². The molecule has 1 aromatic carbocycles. The van der Waals surface area contributed by atoms with Gasteiger partial charge in [0, 0.05) is 57.1 Å². The summed E-state index contributed by atoms with van der Waals surface area (Å²) >= 11 is 0. The lowest BCUT2D eigenvalue weighted by atomic mass is 9.93. The molecule has 37 heavy (non-hydrogen) atoms. The zero-order valence-corrected chi connectivity index (χ0v) is 22.6. The van der Waals surface area contributed by atoms with Crippen LogP contribution in [-0.4, -0.2) is 98.9 Å². The summed E-state index contributed by atoms with van der Waals surface area (Å²) in [5.41, 5.74) is 1.61. The summed E-state index contributed by atoms with van der Waals surface area (Å²) in [6.45, 7) is 10.8. The molecule has 0 saturated carbocycles. The molecule has 1 aromatic rings. The average molecular weight is 518 g/mol. The highest BCUT2D eigenvalue weighted by atomic mass is 16.5. The number of carbonyl (C=O) groups excluding carboxylic acids is 3. The lowest BCUT2D eigenvalue weighted by Gasteiger charge is -2.42. The molecule has 2 heterocycles. The number of piperazine rings is 1. The molecule has 2 aliphatic rings. The van der Waals surface area contributed by atoms with Crippen LogP contribution in [0.25, 0.3) is 0 Å². The van der Waals surface area contributed by atoms with E-state index < -0.39 is 12.0 Å². The second-order valence-electron chi connectivity index (χ2n) is 8.97. The largest absolute Gasteiger partial charge is 0.497 e. The second-order valence-corrected chi connectivity index (χ2v) is 8.97. The third-order valence-electron chi connectivity index (χ3n) is 6.63. The number of likely N-dealkylation sites (N-methyl/N-ethyl adjacent to an activating group) is 1. The molecular formula is C26H39N5O6. The van der Waals surface area contributed by atoms with Crippen molar-refractivity contribution in [2.24, 2.45) is 0 Å². The Labute approximate surface area is 218 Å². The minimum atomic E-state index is -0.748. The number of hydrogen-bond acceptors (Lipinski definition) is 7. The standard InChI is InChI=1S/C26H39N5O6/c1-7-27-25(33)31-11-10-29(15-17(31)4)16-21-22(24(32)37-9-3)23(28-26(34)30(21)8-2)18-12-19(35-5)14-20(13-18)36-6/h12-14,17,23H,7-11,15-16H2,1-6H3,(H,27,33)(H,28,34)/t17-,23-/m0/s1. The minimum absolute atomic E-state index is 0.0297. The third kappa shape index (κ3) is 6.27. The Balaban J connectivity index is 2.03. The van der Waals surface area contributed by atoms with Gasteiger partial charge in [0.1, 0.15) is 11.5 Å². The van der Waals surface area contributed by atoms with Crippen LogP contribution in [-0.2, 0) is 9.53 Å². The zero-order valence-electron chi connectivity index (χ0n) is 22.6. The van der Waals surface area contributed by atoms with Crippen molar-refractivity contribution in [1.82, 2.24) is 25.3 Å². The molecule has 0 aliphatic carbocycles. The Morgan fingerprint density at radius 1 is 1.08 bits per heavy atom. The fourth-order valence-electron chi connectivity index (χ4n) is 4.85. The Kier molecular flexibility index (Phi) is 9.62. The highest BCUT2D eigenvalue weighted by molar-refractivity contribution is 5.95. The normalized spacial score (nSPS) is 20.4. The van der Waals surface area contributed by atoms with Crippen LogP contribution in [0.3, 0.4) is 0 Å². The Morgan fingerprint density at radius 2 is 1.76 bits per heavy atom. The van der Waals surface area contributed by atoms with Gasteiger partial charge in [-0.25, -0.2) is 14.4 Å². The molecule has 0 aromatic heterocycles. The van der Waals surface area contributed by atoms with E-state index in [9.17, 15) is 14.4 Å². The first kappa shape index (κ1) is 28.1. The van der Waals surface area contributed by atoms with Crippen LogP contribution in [0.5, 0.6) is 11.5 Å². The van der Waals surface area contributed by atoms with E-state index in [1.54, 1.807) is 44.2 Å². The van der Waals surface area contributed by atoms with E-state index in [1.807, 2.05) is 25.7 Å². The molecule has 1 fully saturated rings. The number of nitrogens with zero attached hydrogens (tertiary/aromatic N) is 3. The van der Waals surface area contributed by atoms with Crippen molar-refractivity contribution >= 4 is 18.0 Å². The number of rotatable bonds is 9. The lowest BCUT2D eigenvalue weighted by Crippen LogP contribution is -2.58. The highest BCUT2D eigenvalue weighted by Crippen LogP contribution is 2.35. The minimum Gasteiger partial charge on any atom is -0.497 e. The van der Waals surface area contributed by atoms with Gasteiger partial charge in [0.05, 0.1) is 32.4 Å². The lowest BCUT2D eigenvalue weighted by molar-refractivity contribution is -0.139. The Bertz CT molecular complexity index is 1010. The molecule has 2 aliphatic heterocycles. The summed E-state index contributed by atoms with van der Waals surface area (Å²) in [6, 6.07) is 4.13. The molecule has 204 valence electrons. The number of benzene rings is 1. The van der Waals surface area contributed by atoms with Crippen molar-refractivity contribution in [1.29, 1.82) is 0 Å². The van der Waals surface area contributed by atoms with E-state index in [2.05, 4.69) is 15.5 Å². The van der Waals surface area contributed by atoms with Gasteiger partial charge in [-0.05, 0) is 45.4 Å². The molecular weight excluding hydrogens is 478 g/mol. The first-order chi connectivity index (χ1) is 17.8. The third-order valence-corrected chi connectivity index (χ3v) is 6.63. The van der Waals surface area contributed by atoms with Gasteiger partial charge < -0.3 is 29.7 Å². The van der Waals surface area contributed by atoms with Gasteiger partial charge in [0.15, 0.2) is 0 Å². The van der Waals surface area contributed by atoms with Crippen LogP contribution in [0.15, 0.2) is 29.5 Å². The summed E-state index contributed by atoms with van der Waals surface area (Å²) in [4.78, 5) is 44.6.